The summed E-state index contributed by atoms with van der Waals surface area (Å²) in [4.78, 5) is 12.7. The van der Waals surface area contributed by atoms with Gasteiger partial charge in [-0.15, -0.1) is 0 Å². The largest absolute Gasteiger partial charge is 0.465 e. The van der Waals surface area contributed by atoms with Gasteiger partial charge in [-0.3, -0.25) is 4.90 Å². The Morgan fingerprint density at radius 1 is 1.53 bits per heavy atom. The van der Waals surface area contributed by atoms with Gasteiger partial charge in [0.1, 0.15) is 0 Å². The third-order valence-electron chi connectivity index (χ3n) is 2.96. The van der Waals surface area contributed by atoms with E-state index in [2.05, 4.69) is 6.07 Å². The molecule has 1 aliphatic rings. The lowest BCUT2D eigenvalue weighted by atomic mass is 9.97. The molecule has 0 bridgehead atoms. The molecule has 1 amide bonds. The second kappa shape index (κ2) is 5.37. The van der Waals surface area contributed by atoms with Crippen LogP contribution in [0.3, 0.4) is 0 Å². The first-order valence-electron chi connectivity index (χ1n) is 5.87. The second-order valence-corrected chi connectivity index (χ2v) is 5.37. The molecule has 1 saturated heterocycles. The van der Waals surface area contributed by atoms with Crippen LogP contribution in [-0.4, -0.2) is 40.4 Å². The van der Waals surface area contributed by atoms with Gasteiger partial charge in [0, 0.05) is 5.54 Å². The van der Waals surface area contributed by atoms with Crippen molar-refractivity contribution in [1.29, 1.82) is 5.26 Å². The van der Waals surface area contributed by atoms with Crippen LogP contribution in [0.2, 0.25) is 0 Å². The predicted molar refractivity (Wildman–Crippen MR) is 62.6 cm³/mol. The van der Waals surface area contributed by atoms with Crippen LogP contribution in [0.4, 0.5) is 4.79 Å². The van der Waals surface area contributed by atoms with E-state index in [4.69, 9.17) is 10.00 Å². The highest BCUT2D eigenvalue weighted by molar-refractivity contribution is 5.66. The van der Waals surface area contributed by atoms with Gasteiger partial charge in [-0.1, -0.05) is 0 Å². The van der Waals surface area contributed by atoms with Gasteiger partial charge in [0.2, 0.25) is 0 Å². The minimum absolute atomic E-state index is 0.0353. The Hall–Kier alpha value is -1.28. The standard InChI is InChI=1S/C12H20N2O3/c1-12(2,3)14(11(15)16)9-4-5-10(6-7-13)17-8-9/h9-10H,4-6,8H2,1-3H3,(H,15,16)/t9-,10+/m1/s1. The van der Waals surface area contributed by atoms with Gasteiger partial charge in [-0.2, -0.15) is 5.26 Å². The zero-order chi connectivity index (χ0) is 13.1. The highest BCUT2D eigenvalue weighted by Crippen LogP contribution is 2.25. The molecule has 1 N–H and O–H groups in total. The van der Waals surface area contributed by atoms with Gasteiger partial charge in [0.05, 0.1) is 31.2 Å². The summed E-state index contributed by atoms with van der Waals surface area (Å²) in [6.07, 6.45) is 0.945. The van der Waals surface area contributed by atoms with Crippen molar-refractivity contribution in [3.63, 3.8) is 0 Å². The summed E-state index contributed by atoms with van der Waals surface area (Å²) in [5, 5.41) is 17.8. The van der Waals surface area contributed by atoms with Gasteiger partial charge in [-0.05, 0) is 33.6 Å². The first-order chi connectivity index (χ1) is 7.86. The maximum Gasteiger partial charge on any atom is 0.408 e. The summed E-state index contributed by atoms with van der Waals surface area (Å²) in [6, 6.07) is 1.97. The minimum atomic E-state index is -0.912. The lowest BCUT2D eigenvalue weighted by Crippen LogP contribution is -2.54. The highest BCUT2D eigenvalue weighted by atomic mass is 16.5. The Morgan fingerprint density at radius 3 is 2.53 bits per heavy atom. The Labute approximate surface area is 102 Å². The van der Waals surface area contributed by atoms with E-state index in [1.807, 2.05) is 20.8 Å². The number of hydrogen-bond acceptors (Lipinski definition) is 3. The summed E-state index contributed by atoms with van der Waals surface area (Å²) in [5.41, 5.74) is -0.429. The Kier molecular flexibility index (Phi) is 4.35. The Bertz CT molecular complexity index is 309. The Balaban J connectivity index is 2.62. The molecule has 2 atom stereocenters. The molecule has 5 heteroatoms. The topological polar surface area (TPSA) is 73.6 Å². The normalized spacial score (nSPS) is 25.1. The molecule has 0 aromatic carbocycles. The van der Waals surface area contributed by atoms with Gasteiger partial charge in [0.15, 0.2) is 0 Å². The van der Waals surface area contributed by atoms with E-state index in [0.29, 0.717) is 13.0 Å². The average molecular weight is 240 g/mol. The van der Waals surface area contributed by atoms with Crippen molar-refractivity contribution in [2.75, 3.05) is 6.61 Å². The Morgan fingerprint density at radius 2 is 2.18 bits per heavy atom. The second-order valence-electron chi connectivity index (χ2n) is 5.37. The fraction of sp³-hybridized carbons (Fsp3) is 0.833. The third-order valence-corrected chi connectivity index (χ3v) is 2.96. The fourth-order valence-corrected chi connectivity index (χ4v) is 2.25. The molecule has 1 aliphatic heterocycles. The maximum absolute atomic E-state index is 11.3. The van der Waals surface area contributed by atoms with E-state index in [1.165, 1.54) is 4.90 Å². The zero-order valence-corrected chi connectivity index (χ0v) is 10.6. The molecule has 0 saturated carbocycles. The van der Waals surface area contributed by atoms with Crippen LogP contribution >= 0.6 is 0 Å². The van der Waals surface area contributed by atoms with Crippen LogP contribution in [0.25, 0.3) is 0 Å². The number of nitrogens with zero attached hydrogens (tertiary/aromatic N) is 2. The summed E-state index contributed by atoms with van der Waals surface area (Å²) in [7, 11) is 0. The van der Waals surface area contributed by atoms with Crippen LogP contribution in [0.15, 0.2) is 0 Å². The summed E-state index contributed by atoms with van der Waals surface area (Å²) in [6.45, 7) is 6.02. The SMILES string of the molecule is CC(C)(C)N(C(=O)O)[C@@H]1CC[C@@H](CC#N)OC1. The molecule has 1 fully saturated rings. The van der Waals surface area contributed by atoms with Gasteiger partial charge in [-0.25, -0.2) is 4.79 Å². The number of rotatable bonds is 2. The summed E-state index contributed by atoms with van der Waals surface area (Å²) >= 11 is 0. The number of carboxylic acid groups (broad SMARTS) is 1. The minimum Gasteiger partial charge on any atom is -0.465 e. The number of carbonyl (C=O) groups is 1. The molecular weight excluding hydrogens is 220 g/mol. The highest BCUT2D eigenvalue weighted by Gasteiger charge is 2.35. The maximum atomic E-state index is 11.3. The first kappa shape index (κ1) is 13.8. The molecule has 1 rings (SSSR count). The molecular formula is C12H20N2O3. The molecule has 96 valence electrons. The van der Waals surface area contributed by atoms with Crippen LogP contribution < -0.4 is 0 Å². The van der Waals surface area contributed by atoms with Crippen LogP contribution in [0.5, 0.6) is 0 Å². The van der Waals surface area contributed by atoms with Crippen molar-refractivity contribution in [2.24, 2.45) is 0 Å². The molecule has 0 aliphatic carbocycles. The van der Waals surface area contributed by atoms with Crippen molar-refractivity contribution < 1.29 is 14.6 Å². The van der Waals surface area contributed by atoms with Crippen LogP contribution in [0.1, 0.15) is 40.0 Å². The molecule has 17 heavy (non-hydrogen) atoms. The van der Waals surface area contributed by atoms with E-state index in [0.717, 1.165) is 12.8 Å². The molecule has 0 radical (unpaired) electrons. The fourth-order valence-electron chi connectivity index (χ4n) is 2.25. The van der Waals surface area contributed by atoms with Crippen LogP contribution in [0, 0.1) is 11.3 Å². The summed E-state index contributed by atoms with van der Waals surface area (Å²) < 4.78 is 5.53. The third kappa shape index (κ3) is 3.60. The van der Waals surface area contributed by atoms with Crippen LogP contribution in [-0.2, 0) is 4.74 Å². The summed E-state index contributed by atoms with van der Waals surface area (Å²) in [5.74, 6) is 0. The number of ether oxygens (including phenoxy) is 1. The first-order valence-corrected chi connectivity index (χ1v) is 5.87. The zero-order valence-electron chi connectivity index (χ0n) is 10.6. The van der Waals surface area contributed by atoms with Crippen molar-refractivity contribution in [1.82, 2.24) is 4.90 Å². The molecule has 0 aromatic rings. The van der Waals surface area contributed by atoms with Gasteiger partial charge >= 0.3 is 6.09 Å². The number of amides is 1. The molecule has 0 spiro atoms. The van der Waals surface area contributed by atoms with Crippen molar-refractivity contribution in [3.05, 3.63) is 0 Å². The molecule has 0 unspecified atom stereocenters. The lowest BCUT2D eigenvalue weighted by Gasteiger charge is -2.42. The average Bonchev–Trinajstić information content (AvgIpc) is 2.18. The molecule has 5 nitrogen and oxygen atoms in total. The molecule has 0 aromatic heterocycles. The number of hydrogen-bond donors (Lipinski definition) is 1. The smallest absolute Gasteiger partial charge is 0.408 e. The van der Waals surface area contributed by atoms with Gasteiger partial charge in [0.25, 0.3) is 0 Å². The monoisotopic (exact) mass is 240 g/mol. The van der Waals surface area contributed by atoms with E-state index in [1.54, 1.807) is 0 Å². The van der Waals surface area contributed by atoms with Crippen molar-refractivity contribution in [2.45, 2.75) is 57.7 Å². The van der Waals surface area contributed by atoms with Gasteiger partial charge < -0.3 is 9.84 Å². The van der Waals surface area contributed by atoms with E-state index in [9.17, 15) is 9.90 Å². The van der Waals surface area contributed by atoms with Crippen molar-refractivity contribution >= 4 is 6.09 Å². The van der Waals surface area contributed by atoms with Crippen molar-refractivity contribution in [3.8, 4) is 6.07 Å². The quantitative estimate of drug-likeness (QED) is 0.803. The number of nitriles is 1. The van der Waals surface area contributed by atoms with E-state index >= 15 is 0 Å². The predicted octanol–water partition coefficient (Wildman–Crippen LogP) is 2.23. The van der Waals surface area contributed by atoms with E-state index in [-0.39, 0.29) is 12.1 Å². The van der Waals surface area contributed by atoms with E-state index < -0.39 is 11.6 Å². The molecule has 1 heterocycles. The lowest BCUT2D eigenvalue weighted by molar-refractivity contribution is -0.0482.